The van der Waals surface area contributed by atoms with Crippen molar-refractivity contribution in [3.8, 4) is 11.6 Å². The molecule has 1 N–H and O–H groups in total. The van der Waals surface area contributed by atoms with Gasteiger partial charge in [0.05, 0.1) is 5.69 Å². The molecule has 0 spiro atoms. The summed E-state index contributed by atoms with van der Waals surface area (Å²) in [6, 6.07) is 19.0. The molecule has 0 fully saturated rings. The van der Waals surface area contributed by atoms with E-state index in [9.17, 15) is 4.79 Å². The highest BCUT2D eigenvalue weighted by molar-refractivity contribution is 6.30. The molecule has 9 nitrogen and oxygen atoms in total. The number of nitrogens with one attached hydrogen (secondary N) is 1. The van der Waals surface area contributed by atoms with Crippen LogP contribution in [-0.2, 0) is 11.4 Å². The molecule has 0 saturated heterocycles. The molecular weight excluding hydrogens is 466 g/mol. The lowest BCUT2D eigenvalue weighted by Crippen LogP contribution is -2.25. The zero-order valence-corrected chi connectivity index (χ0v) is 19.5. The third-order valence-electron chi connectivity index (χ3n) is 6.07. The van der Waals surface area contributed by atoms with Gasteiger partial charge in [0.1, 0.15) is 24.5 Å². The van der Waals surface area contributed by atoms with Crippen LogP contribution in [0.2, 0.25) is 5.02 Å². The molecule has 174 valence electrons. The standard InChI is InChI=1S/C25H20ClN7O2/c1-15-24-20(17-4-8-19(9-5-17)35-13-16-2-6-18(26)7-3-16)12-23(34)28-25(24)33(30-15)22-11-10-21-29-27-14-32(21)31-22/h2-11,14,20H,12-13H2,1H3,(H,28,34)/t20-/m1/s1. The van der Waals surface area contributed by atoms with Gasteiger partial charge in [0.25, 0.3) is 0 Å². The highest BCUT2D eigenvalue weighted by atomic mass is 35.5. The molecule has 35 heavy (non-hydrogen) atoms. The third-order valence-corrected chi connectivity index (χ3v) is 6.32. The number of aromatic nitrogens is 6. The number of halogens is 1. The first-order valence-electron chi connectivity index (χ1n) is 11.1. The van der Waals surface area contributed by atoms with Crippen LogP contribution in [-0.4, -0.2) is 35.5 Å². The van der Waals surface area contributed by atoms with Crippen LogP contribution >= 0.6 is 11.6 Å². The van der Waals surface area contributed by atoms with Gasteiger partial charge in [-0.2, -0.15) is 14.3 Å². The maximum Gasteiger partial charge on any atom is 0.226 e. The minimum absolute atomic E-state index is 0.0721. The van der Waals surface area contributed by atoms with Crippen LogP contribution in [0.4, 0.5) is 5.82 Å². The van der Waals surface area contributed by atoms with E-state index in [1.165, 1.54) is 6.33 Å². The van der Waals surface area contributed by atoms with Crippen LogP contribution in [0.5, 0.6) is 5.75 Å². The summed E-state index contributed by atoms with van der Waals surface area (Å²) in [5.41, 5.74) is 4.49. The first kappa shape index (κ1) is 21.3. The van der Waals surface area contributed by atoms with Crippen LogP contribution in [0.3, 0.4) is 0 Å². The van der Waals surface area contributed by atoms with E-state index in [0.29, 0.717) is 35.3 Å². The molecule has 1 atom stereocenters. The number of hydrogen-bond donors (Lipinski definition) is 1. The number of fused-ring (bicyclic) bond motifs is 2. The topological polar surface area (TPSA) is 99.2 Å². The molecule has 0 aliphatic carbocycles. The van der Waals surface area contributed by atoms with Crippen LogP contribution in [0.15, 0.2) is 67.0 Å². The molecule has 1 aliphatic rings. The van der Waals surface area contributed by atoms with Crippen molar-refractivity contribution in [2.45, 2.75) is 25.9 Å². The highest BCUT2D eigenvalue weighted by Gasteiger charge is 2.33. The lowest BCUT2D eigenvalue weighted by Gasteiger charge is -2.24. The van der Waals surface area contributed by atoms with E-state index < -0.39 is 0 Å². The average molecular weight is 486 g/mol. The smallest absolute Gasteiger partial charge is 0.226 e. The van der Waals surface area contributed by atoms with Crippen molar-refractivity contribution >= 4 is 29.0 Å². The highest BCUT2D eigenvalue weighted by Crippen LogP contribution is 2.40. The van der Waals surface area contributed by atoms with Crippen molar-refractivity contribution in [2.75, 3.05) is 5.32 Å². The predicted molar refractivity (Wildman–Crippen MR) is 130 cm³/mol. The molecule has 5 aromatic rings. The van der Waals surface area contributed by atoms with Gasteiger partial charge in [0.15, 0.2) is 11.5 Å². The lowest BCUT2D eigenvalue weighted by atomic mass is 9.86. The van der Waals surface area contributed by atoms with Crippen molar-refractivity contribution in [2.24, 2.45) is 0 Å². The van der Waals surface area contributed by atoms with Crippen LogP contribution in [0, 0.1) is 6.92 Å². The van der Waals surface area contributed by atoms with Crippen molar-refractivity contribution in [3.05, 3.63) is 94.4 Å². The van der Waals surface area contributed by atoms with Gasteiger partial charge < -0.3 is 10.1 Å². The van der Waals surface area contributed by atoms with E-state index in [4.69, 9.17) is 21.4 Å². The lowest BCUT2D eigenvalue weighted by molar-refractivity contribution is -0.116. The molecule has 0 radical (unpaired) electrons. The Morgan fingerprint density at radius 2 is 1.86 bits per heavy atom. The molecule has 3 aromatic heterocycles. The number of hydrogen-bond acceptors (Lipinski definition) is 6. The molecule has 0 unspecified atom stereocenters. The molecule has 10 heteroatoms. The number of carbonyl (C=O) groups excluding carboxylic acids is 1. The number of anilines is 1. The molecule has 4 heterocycles. The van der Waals surface area contributed by atoms with E-state index in [-0.39, 0.29) is 11.8 Å². The Morgan fingerprint density at radius 3 is 2.66 bits per heavy atom. The van der Waals surface area contributed by atoms with Gasteiger partial charge in [0, 0.05) is 22.9 Å². The first-order valence-corrected chi connectivity index (χ1v) is 11.5. The SMILES string of the molecule is Cc1nn(-c2ccc3nncn3n2)c2c1[C@@H](c1ccc(OCc3ccc(Cl)cc3)cc1)CC(=O)N2. The maximum absolute atomic E-state index is 12.7. The second kappa shape index (κ2) is 8.52. The van der Waals surface area contributed by atoms with E-state index in [1.54, 1.807) is 15.3 Å². The number of nitrogens with zero attached hydrogens (tertiary/aromatic N) is 6. The van der Waals surface area contributed by atoms with Gasteiger partial charge in [-0.15, -0.1) is 15.3 Å². The average Bonchev–Trinajstić information content (AvgIpc) is 3.47. The Bertz CT molecular complexity index is 1540. The quantitative estimate of drug-likeness (QED) is 0.398. The number of ether oxygens (including phenoxy) is 1. The van der Waals surface area contributed by atoms with Gasteiger partial charge in [0.2, 0.25) is 5.91 Å². The second-order valence-corrected chi connectivity index (χ2v) is 8.81. The Labute approximate surface area is 205 Å². The third kappa shape index (κ3) is 4.00. The van der Waals surface area contributed by atoms with Crippen LogP contribution in [0.1, 0.15) is 34.7 Å². The molecule has 0 bridgehead atoms. The summed E-state index contributed by atoms with van der Waals surface area (Å²) in [6.07, 6.45) is 1.86. The van der Waals surface area contributed by atoms with Crippen LogP contribution in [0.25, 0.3) is 11.5 Å². The zero-order chi connectivity index (χ0) is 23.9. The van der Waals surface area contributed by atoms with E-state index >= 15 is 0 Å². The van der Waals surface area contributed by atoms with Gasteiger partial charge in [-0.1, -0.05) is 35.9 Å². The van der Waals surface area contributed by atoms with E-state index in [1.807, 2.05) is 61.5 Å². The van der Waals surface area contributed by atoms with Gasteiger partial charge >= 0.3 is 0 Å². The minimum atomic E-state index is -0.128. The second-order valence-electron chi connectivity index (χ2n) is 8.37. The molecule has 0 saturated carbocycles. The van der Waals surface area contributed by atoms with Gasteiger partial charge in [-0.05, 0) is 54.4 Å². The van der Waals surface area contributed by atoms with Crippen molar-refractivity contribution in [1.29, 1.82) is 0 Å². The van der Waals surface area contributed by atoms with Crippen molar-refractivity contribution in [1.82, 2.24) is 29.6 Å². The fourth-order valence-electron chi connectivity index (χ4n) is 4.37. The summed E-state index contributed by atoms with van der Waals surface area (Å²) >= 11 is 5.95. The summed E-state index contributed by atoms with van der Waals surface area (Å²) in [4.78, 5) is 12.7. The maximum atomic E-state index is 12.7. The van der Waals surface area contributed by atoms with Gasteiger partial charge in [-0.3, -0.25) is 4.79 Å². The summed E-state index contributed by atoms with van der Waals surface area (Å²) in [6.45, 7) is 2.39. The summed E-state index contributed by atoms with van der Waals surface area (Å²) in [7, 11) is 0. The number of rotatable bonds is 5. The van der Waals surface area contributed by atoms with Crippen molar-refractivity contribution in [3.63, 3.8) is 0 Å². The number of carbonyl (C=O) groups is 1. The summed E-state index contributed by atoms with van der Waals surface area (Å²) in [5.74, 6) is 1.75. The Hall–Kier alpha value is -4.24. The Balaban J connectivity index is 1.29. The van der Waals surface area contributed by atoms with Crippen molar-refractivity contribution < 1.29 is 9.53 Å². The summed E-state index contributed by atoms with van der Waals surface area (Å²) < 4.78 is 9.16. The minimum Gasteiger partial charge on any atom is -0.489 e. The largest absolute Gasteiger partial charge is 0.489 e. The fourth-order valence-corrected chi connectivity index (χ4v) is 4.50. The van der Waals surface area contributed by atoms with Crippen LogP contribution < -0.4 is 10.1 Å². The van der Waals surface area contributed by atoms with Gasteiger partial charge in [-0.25, -0.2) is 0 Å². The van der Waals surface area contributed by atoms with E-state index in [2.05, 4.69) is 20.6 Å². The zero-order valence-electron chi connectivity index (χ0n) is 18.7. The number of benzene rings is 2. The number of amides is 1. The first-order chi connectivity index (χ1) is 17.0. The molecule has 2 aromatic carbocycles. The molecular formula is C25H20ClN7O2. The Morgan fingerprint density at radius 1 is 1.06 bits per heavy atom. The monoisotopic (exact) mass is 485 g/mol. The van der Waals surface area contributed by atoms with E-state index in [0.717, 1.165) is 28.1 Å². The number of aryl methyl sites for hydroxylation is 1. The Kier molecular flexibility index (Phi) is 5.18. The fraction of sp³-hybridized carbons (Fsp3) is 0.160. The molecule has 6 rings (SSSR count). The molecule has 1 aliphatic heterocycles. The normalized spacial score (nSPS) is 15.1. The summed E-state index contributed by atoms with van der Waals surface area (Å²) in [5, 5.41) is 20.8. The predicted octanol–water partition coefficient (Wildman–Crippen LogP) is 4.32. The molecule has 1 amide bonds.